The highest BCUT2D eigenvalue weighted by atomic mass is 16.5. The van der Waals surface area contributed by atoms with Crippen LogP contribution in [0.5, 0.6) is 11.5 Å². The van der Waals surface area contributed by atoms with E-state index < -0.39 is 17.7 Å². The van der Waals surface area contributed by atoms with Crippen LogP contribution in [0.2, 0.25) is 0 Å². The topological polar surface area (TPSA) is 106 Å². The van der Waals surface area contributed by atoms with E-state index in [1.54, 1.807) is 36.7 Å². The van der Waals surface area contributed by atoms with Crippen LogP contribution in [0.3, 0.4) is 0 Å². The maximum atomic E-state index is 13.5. The molecule has 0 saturated carbocycles. The molecule has 1 amide bonds. The molecule has 4 aromatic rings. The molecule has 9 heteroatoms. The molecule has 1 unspecified atom stereocenters. The van der Waals surface area contributed by atoms with Crippen LogP contribution in [-0.2, 0) is 16.1 Å². The van der Waals surface area contributed by atoms with Crippen molar-refractivity contribution in [3.05, 3.63) is 94.7 Å². The Morgan fingerprint density at radius 2 is 1.84 bits per heavy atom. The molecule has 1 fully saturated rings. The van der Waals surface area contributed by atoms with E-state index in [0.29, 0.717) is 28.4 Å². The van der Waals surface area contributed by atoms with Crippen molar-refractivity contribution in [2.45, 2.75) is 26.4 Å². The molecule has 1 saturated heterocycles. The van der Waals surface area contributed by atoms with E-state index in [-0.39, 0.29) is 23.6 Å². The first-order valence-electron chi connectivity index (χ1n) is 11.7. The Kier molecular flexibility index (Phi) is 6.12. The van der Waals surface area contributed by atoms with Gasteiger partial charge in [-0.05, 0) is 54.8 Å². The minimum atomic E-state index is -0.884. The van der Waals surface area contributed by atoms with E-state index >= 15 is 0 Å². The van der Waals surface area contributed by atoms with Gasteiger partial charge in [0.15, 0.2) is 17.3 Å². The van der Waals surface area contributed by atoms with Gasteiger partial charge in [-0.1, -0.05) is 18.2 Å². The van der Waals surface area contributed by atoms with Crippen molar-refractivity contribution in [2.24, 2.45) is 0 Å². The lowest BCUT2D eigenvalue weighted by Gasteiger charge is -2.26. The SMILES string of the molecule is COc1ccc(C2C(=C(O)c3nc4c(C)cccn4c3C)C(=O)C(=O)N2Cc2cccnc2)cc1OC. The number of likely N-dealkylation sites (tertiary alicyclic amines) is 1. The van der Waals surface area contributed by atoms with Gasteiger partial charge in [0, 0.05) is 25.1 Å². The molecule has 9 nitrogen and oxygen atoms in total. The van der Waals surface area contributed by atoms with Crippen LogP contribution in [0, 0.1) is 13.8 Å². The number of aliphatic hydroxyl groups excluding tert-OH is 1. The minimum absolute atomic E-state index is 0.0368. The fourth-order valence-electron chi connectivity index (χ4n) is 4.77. The summed E-state index contributed by atoms with van der Waals surface area (Å²) in [6.45, 7) is 3.85. The molecule has 0 bridgehead atoms. The molecule has 37 heavy (non-hydrogen) atoms. The van der Waals surface area contributed by atoms with Crippen LogP contribution in [0.4, 0.5) is 0 Å². The zero-order valence-corrected chi connectivity index (χ0v) is 20.9. The third-order valence-electron chi connectivity index (χ3n) is 6.65. The van der Waals surface area contributed by atoms with Gasteiger partial charge in [0.1, 0.15) is 11.3 Å². The molecule has 3 aromatic heterocycles. The summed E-state index contributed by atoms with van der Waals surface area (Å²) >= 11 is 0. The highest BCUT2D eigenvalue weighted by molar-refractivity contribution is 6.46. The smallest absolute Gasteiger partial charge is 0.295 e. The normalized spacial score (nSPS) is 17.0. The highest BCUT2D eigenvalue weighted by Gasteiger charge is 2.46. The second-order valence-corrected chi connectivity index (χ2v) is 8.83. The Bertz CT molecular complexity index is 1560. The van der Waals surface area contributed by atoms with Crippen molar-refractivity contribution in [3.63, 3.8) is 0 Å². The Hall–Kier alpha value is -4.66. The number of Topliss-reactive ketones (excluding diaryl/α,β-unsaturated/α-hetero) is 1. The first-order valence-corrected chi connectivity index (χ1v) is 11.7. The number of imidazole rings is 1. The number of nitrogens with zero attached hydrogens (tertiary/aromatic N) is 4. The number of aryl methyl sites for hydroxylation is 2. The fourth-order valence-corrected chi connectivity index (χ4v) is 4.77. The van der Waals surface area contributed by atoms with Crippen LogP contribution in [-0.4, -0.2) is 50.3 Å². The summed E-state index contributed by atoms with van der Waals surface area (Å²) in [5.41, 5.74) is 3.77. The number of carbonyl (C=O) groups is 2. The quantitative estimate of drug-likeness (QED) is 0.243. The van der Waals surface area contributed by atoms with E-state index in [9.17, 15) is 14.7 Å². The average Bonchev–Trinajstić information content (AvgIpc) is 3.38. The maximum absolute atomic E-state index is 13.5. The van der Waals surface area contributed by atoms with Gasteiger partial charge in [0.25, 0.3) is 11.7 Å². The molecule has 1 atom stereocenters. The lowest BCUT2D eigenvalue weighted by molar-refractivity contribution is -0.140. The van der Waals surface area contributed by atoms with Crippen LogP contribution in [0.15, 0.2) is 66.6 Å². The summed E-state index contributed by atoms with van der Waals surface area (Å²) in [6, 6.07) is 11.7. The van der Waals surface area contributed by atoms with Gasteiger partial charge in [-0.15, -0.1) is 0 Å². The first kappa shape index (κ1) is 24.1. The number of hydrogen-bond donors (Lipinski definition) is 1. The largest absolute Gasteiger partial charge is 0.505 e. The zero-order valence-electron chi connectivity index (χ0n) is 20.9. The number of fused-ring (bicyclic) bond motifs is 1. The van der Waals surface area contributed by atoms with E-state index in [1.165, 1.54) is 19.1 Å². The number of methoxy groups -OCH3 is 2. The first-order chi connectivity index (χ1) is 17.8. The lowest BCUT2D eigenvalue weighted by atomic mass is 9.95. The molecule has 188 valence electrons. The Morgan fingerprint density at radius 3 is 2.51 bits per heavy atom. The number of aliphatic hydroxyl groups is 1. The molecule has 1 aliphatic heterocycles. The second-order valence-electron chi connectivity index (χ2n) is 8.83. The summed E-state index contributed by atoms with van der Waals surface area (Å²) in [5.74, 6) is -0.891. The van der Waals surface area contributed by atoms with E-state index in [2.05, 4.69) is 9.97 Å². The molecule has 1 aromatic carbocycles. The van der Waals surface area contributed by atoms with Gasteiger partial charge in [-0.25, -0.2) is 4.98 Å². The van der Waals surface area contributed by atoms with E-state index in [1.807, 2.05) is 42.6 Å². The highest BCUT2D eigenvalue weighted by Crippen LogP contribution is 2.43. The van der Waals surface area contributed by atoms with Crippen molar-refractivity contribution in [3.8, 4) is 11.5 Å². The van der Waals surface area contributed by atoms with Gasteiger partial charge < -0.3 is 23.9 Å². The third-order valence-corrected chi connectivity index (χ3v) is 6.65. The van der Waals surface area contributed by atoms with Crippen LogP contribution < -0.4 is 9.47 Å². The van der Waals surface area contributed by atoms with Gasteiger partial charge >= 0.3 is 0 Å². The summed E-state index contributed by atoms with van der Waals surface area (Å²) in [7, 11) is 3.04. The van der Waals surface area contributed by atoms with Crippen LogP contribution in [0.25, 0.3) is 11.4 Å². The third kappa shape index (κ3) is 3.98. The minimum Gasteiger partial charge on any atom is -0.505 e. The summed E-state index contributed by atoms with van der Waals surface area (Å²) < 4.78 is 12.7. The molecule has 0 radical (unpaired) electrons. The number of amides is 1. The lowest BCUT2D eigenvalue weighted by Crippen LogP contribution is -2.29. The number of aromatic nitrogens is 3. The number of hydrogen-bond acceptors (Lipinski definition) is 7. The average molecular weight is 499 g/mol. The van der Waals surface area contributed by atoms with Crippen molar-refractivity contribution < 1.29 is 24.2 Å². The molecule has 1 N–H and O–H groups in total. The number of rotatable bonds is 6. The number of ketones is 1. The van der Waals surface area contributed by atoms with Crippen molar-refractivity contribution >= 4 is 23.1 Å². The predicted octanol–water partition coefficient (Wildman–Crippen LogP) is 3.99. The number of ether oxygens (including phenoxy) is 2. The zero-order chi connectivity index (χ0) is 26.3. The van der Waals surface area contributed by atoms with E-state index in [4.69, 9.17) is 9.47 Å². The molecule has 4 heterocycles. The Balaban J connectivity index is 1.73. The van der Waals surface area contributed by atoms with Crippen LogP contribution in [0.1, 0.15) is 34.1 Å². The molecule has 5 rings (SSSR count). The second kappa shape index (κ2) is 9.42. The van der Waals surface area contributed by atoms with Gasteiger partial charge in [-0.3, -0.25) is 14.6 Å². The van der Waals surface area contributed by atoms with Crippen molar-refractivity contribution in [2.75, 3.05) is 14.2 Å². The number of carbonyl (C=O) groups excluding carboxylic acids is 2. The fraction of sp³-hybridized carbons (Fsp3) is 0.214. The van der Waals surface area contributed by atoms with Gasteiger partial charge in [0.2, 0.25) is 0 Å². The number of pyridine rings is 2. The summed E-state index contributed by atoms with van der Waals surface area (Å²) in [4.78, 5) is 37.0. The van der Waals surface area contributed by atoms with Gasteiger partial charge in [-0.2, -0.15) is 0 Å². The van der Waals surface area contributed by atoms with Crippen molar-refractivity contribution in [1.82, 2.24) is 19.3 Å². The number of benzene rings is 1. The molecule has 0 aliphatic carbocycles. The standard InChI is InChI=1S/C28H26N4O5/c1-16-7-6-12-31-17(2)23(30-27(16)31)25(33)22-24(19-9-10-20(36-3)21(13-19)37-4)32(28(35)26(22)34)15-18-8-5-11-29-14-18/h5-14,24,33H,15H2,1-4H3. The molecule has 0 spiro atoms. The maximum Gasteiger partial charge on any atom is 0.295 e. The molecule has 1 aliphatic rings. The monoisotopic (exact) mass is 498 g/mol. The summed E-state index contributed by atoms with van der Waals surface area (Å²) in [6.07, 6.45) is 5.12. The molecular weight excluding hydrogens is 472 g/mol. The van der Waals surface area contributed by atoms with Crippen LogP contribution >= 0.6 is 0 Å². The predicted molar refractivity (Wildman–Crippen MR) is 136 cm³/mol. The van der Waals surface area contributed by atoms with Gasteiger partial charge in [0.05, 0.1) is 31.5 Å². The van der Waals surface area contributed by atoms with Crippen molar-refractivity contribution in [1.29, 1.82) is 0 Å². The van der Waals surface area contributed by atoms with E-state index in [0.717, 1.165) is 11.1 Å². The Morgan fingerprint density at radius 1 is 1.05 bits per heavy atom. The Labute approximate surface area is 213 Å². The summed E-state index contributed by atoms with van der Waals surface area (Å²) in [5, 5.41) is 11.6. The molecular formula is C28H26N4O5.